The van der Waals surface area contributed by atoms with Crippen molar-refractivity contribution in [3.05, 3.63) is 28.2 Å². The summed E-state index contributed by atoms with van der Waals surface area (Å²) in [5.74, 6) is -0.750. The number of carboxylic acid groups (broad SMARTS) is 1. The number of benzene rings is 1. The van der Waals surface area contributed by atoms with Crippen molar-refractivity contribution in [2.75, 3.05) is 13.6 Å². The summed E-state index contributed by atoms with van der Waals surface area (Å²) in [6.45, 7) is 1.97. The molecule has 1 aromatic rings. The summed E-state index contributed by atoms with van der Waals surface area (Å²) >= 11 is 11.8. The fourth-order valence-electron chi connectivity index (χ4n) is 1.70. The zero-order chi connectivity index (χ0) is 16.0. The van der Waals surface area contributed by atoms with Crippen LogP contribution < -0.4 is 4.74 Å². The Bertz CT molecular complexity index is 522. The summed E-state index contributed by atoms with van der Waals surface area (Å²) in [7, 11) is 1.60. The molecule has 1 aromatic carbocycles. The number of rotatable bonds is 7. The Morgan fingerprint density at radius 3 is 2.62 bits per heavy atom. The van der Waals surface area contributed by atoms with Crippen molar-refractivity contribution in [2.24, 2.45) is 0 Å². The van der Waals surface area contributed by atoms with Gasteiger partial charge in [-0.25, -0.2) is 0 Å². The molecule has 1 N–H and O–H groups in total. The summed E-state index contributed by atoms with van der Waals surface area (Å²) in [6, 6.07) is 4.75. The fourth-order valence-corrected chi connectivity index (χ4v) is 2.15. The molecule has 0 aliphatic carbocycles. The van der Waals surface area contributed by atoms with Crippen molar-refractivity contribution in [2.45, 2.75) is 25.9 Å². The molecule has 21 heavy (non-hydrogen) atoms. The van der Waals surface area contributed by atoms with E-state index in [0.717, 1.165) is 0 Å². The Morgan fingerprint density at radius 2 is 2.05 bits per heavy atom. The van der Waals surface area contributed by atoms with Gasteiger partial charge in [-0.05, 0) is 31.5 Å². The van der Waals surface area contributed by atoms with Gasteiger partial charge in [0.1, 0.15) is 5.75 Å². The van der Waals surface area contributed by atoms with Crippen LogP contribution in [0, 0.1) is 0 Å². The first kappa shape index (κ1) is 17.6. The first-order chi connectivity index (χ1) is 9.81. The predicted molar refractivity (Wildman–Crippen MR) is 81.1 cm³/mol. The van der Waals surface area contributed by atoms with E-state index in [1.54, 1.807) is 26.1 Å². The van der Waals surface area contributed by atoms with Gasteiger partial charge in [-0.15, -0.1) is 0 Å². The van der Waals surface area contributed by atoms with Crippen LogP contribution in [0.1, 0.15) is 19.8 Å². The largest absolute Gasteiger partial charge is 0.481 e. The van der Waals surface area contributed by atoms with Crippen LogP contribution in [0.3, 0.4) is 0 Å². The van der Waals surface area contributed by atoms with Gasteiger partial charge >= 0.3 is 5.97 Å². The third-order valence-corrected chi connectivity index (χ3v) is 3.34. The second-order valence-corrected chi connectivity index (χ2v) is 5.44. The number of carbonyl (C=O) groups is 2. The number of ether oxygens (including phenoxy) is 1. The van der Waals surface area contributed by atoms with Gasteiger partial charge in [0.25, 0.3) is 5.91 Å². The van der Waals surface area contributed by atoms with Gasteiger partial charge in [-0.1, -0.05) is 23.2 Å². The van der Waals surface area contributed by atoms with Gasteiger partial charge in [-0.3, -0.25) is 9.59 Å². The number of halogens is 2. The van der Waals surface area contributed by atoms with Crippen molar-refractivity contribution >= 4 is 35.1 Å². The van der Waals surface area contributed by atoms with Crippen molar-refractivity contribution in [3.8, 4) is 5.75 Å². The summed E-state index contributed by atoms with van der Waals surface area (Å²) in [5, 5.41) is 9.38. The number of likely N-dealkylation sites (N-methyl/N-ethyl adjacent to an activating group) is 1. The lowest BCUT2D eigenvalue weighted by atomic mass is 10.2. The third kappa shape index (κ3) is 5.81. The van der Waals surface area contributed by atoms with Gasteiger partial charge in [0, 0.05) is 25.0 Å². The van der Waals surface area contributed by atoms with Crippen LogP contribution in [0.2, 0.25) is 10.0 Å². The SMILES string of the molecule is CC(Oc1ccc(Cl)cc1Cl)C(=O)N(C)CCCC(=O)O. The average Bonchev–Trinajstić information content (AvgIpc) is 2.40. The minimum absolute atomic E-state index is 0.0237. The van der Waals surface area contributed by atoms with Crippen molar-refractivity contribution in [1.29, 1.82) is 0 Å². The number of aliphatic carboxylic acids is 1. The Hall–Kier alpha value is -1.46. The lowest BCUT2D eigenvalue weighted by Gasteiger charge is -2.22. The van der Waals surface area contributed by atoms with Crippen LogP contribution in [0.5, 0.6) is 5.75 Å². The van der Waals surface area contributed by atoms with E-state index in [1.165, 1.54) is 11.0 Å². The van der Waals surface area contributed by atoms with Gasteiger partial charge in [0.2, 0.25) is 0 Å². The molecule has 1 unspecified atom stereocenters. The van der Waals surface area contributed by atoms with Crippen LogP contribution in [0.4, 0.5) is 0 Å². The predicted octanol–water partition coefficient (Wildman–Crippen LogP) is 3.08. The monoisotopic (exact) mass is 333 g/mol. The molecule has 0 spiro atoms. The van der Waals surface area contributed by atoms with Crippen LogP contribution in [-0.2, 0) is 9.59 Å². The number of amides is 1. The molecule has 0 aromatic heterocycles. The second-order valence-electron chi connectivity index (χ2n) is 4.59. The Labute approximate surface area is 133 Å². The molecule has 0 heterocycles. The molecule has 0 saturated heterocycles. The maximum atomic E-state index is 12.1. The molecule has 0 radical (unpaired) electrons. The van der Waals surface area contributed by atoms with Gasteiger partial charge in [0.05, 0.1) is 5.02 Å². The standard InChI is InChI=1S/C14H17Cl2NO4/c1-9(14(20)17(2)7-3-4-13(18)19)21-12-6-5-10(15)8-11(12)16/h5-6,8-9H,3-4,7H2,1-2H3,(H,18,19). The van der Waals surface area contributed by atoms with Crippen LogP contribution in [-0.4, -0.2) is 41.6 Å². The highest BCUT2D eigenvalue weighted by atomic mass is 35.5. The van der Waals surface area contributed by atoms with Crippen LogP contribution in [0.25, 0.3) is 0 Å². The first-order valence-corrected chi connectivity index (χ1v) is 7.15. The van der Waals surface area contributed by atoms with Gasteiger partial charge in [-0.2, -0.15) is 0 Å². The lowest BCUT2D eigenvalue weighted by molar-refractivity contribution is -0.139. The molecule has 0 fully saturated rings. The van der Waals surface area contributed by atoms with Crippen LogP contribution >= 0.6 is 23.2 Å². The summed E-state index contributed by atoms with van der Waals surface area (Å²) in [6.07, 6.45) is -0.305. The van der Waals surface area contributed by atoms with Gasteiger partial charge in [0.15, 0.2) is 6.10 Å². The molecule has 7 heteroatoms. The molecule has 0 saturated carbocycles. The third-order valence-electron chi connectivity index (χ3n) is 2.81. The zero-order valence-electron chi connectivity index (χ0n) is 11.8. The van der Waals surface area contributed by atoms with E-state index in [4.69, 9.17) is 33.0 Å². The normalized spacial score (nSPS) is 11.8. The molecule has 0 aliphatic rings. The second kappa shape index (κ2) is 8.10. The molecular formula is C14H17Cl2NO4. The van der Waals surface area contributed by atoms with Crippen molar-refractivity contribution in [1.82, 2.24) is 4.90 Å². The summed E-state index contributed by atoms with van der Waals surface area (Å²) < 4.78 is 5.51. The fraction of sp³-hybridized carbons (Fsp3) is 0.429. The molecule has 1 amide bonds. The zero-order valence-corrected chi connectivity index (χ0v) is 13.3. The minimum atomic E-state index is -0.881. The Morgan fingerprint density at radius 1 is 1.38 bits per heavy atom. The number of hydrogen-bond donors (Lipinski definition) is 1. The van der Waals surface area contributed by atoms with E-state index in [2.05, 4.69) is 0 Å². The first-order valence-electron chi connectivity index (χ1n) is 6.39. The van der Waals surface area contributed by atoms with E-state index < -0.39 is 12.1 Å². The quantitative estimate of drug-likeness (QED) is 0.832. The smallest absolute Gasteiger partial charge is 0.303 e. The summed E-state index contributed by atoms with van der Waals surface area (Å²) in [4.78, 5) is 24.0. The number of carbonyl (C=O) groups excluding carboxylic acids is 1. The van der Waals surface area contributed by atoms with E-state index in [1.807, 2.05) is 0 Å². The minimum Gasteiger partial charge on any atom is -0.481 e. The van der Waals surface area contributed by atoms with E-state index in [0.29, 0.717) is 28.8 Å². The number of carboxylic acids is 1. The highest BCUT2D eigenvalue weighted by Gasteiger charge is 2.20. The van der Waals surface area contributed by atoms with Crippen molar-refractivity contribution in [3.63, 3.8) is 0 Å². The van der Waals surface area contributed by atoms with E-state index in [9.17, 15) is 9.59 Å². The lowest BCUT2D eigenvalue weighted by Crippen LogP contribution is -2.38. The van der Waals surface area contributed by atoms with E-state index in [-0.39, 0.29) is 12.3 Å². The summed E-state index contributed by atoms with van der Waals surface area (Å²) in [5.41, 5.74) is 0. The highest BCUT2D eigenvalue weighted by molar-refractivity contribution is 6.35. The molecule has 1 atom stereocenters. The van der Waals surface area contributed by atoms with Gasteiger partial charge < -0.3 is 14.7 Å². The maximum absolute atomic E-state index is 12.1. The topological polar surface area (TPSA) is 66.8 Å². The highest BCUT2D eigenvalue weighted by Crippen LogP contribution is 2.28. The Balaban J connectivity index is 2.55. The molecule has 5 nitrogen and oxygen atoms in total. The molecule has 1 rings (SSSR count). The maximum Gasteiger partial charge on any atom is 0.303 e. The molecule has 0 aliphatic heterocycles. The van der Waals surface area contributed by atoms with Crippen molar-refractivity contribution < 1.29 is 19.4 Å². The number of nitrogens with zero attached hydrogens (tertiary/aromatic N) is 1. The molecule has 116 valence electrons. The molecular weight excluding hydrogens is 317 g/mol. The number of hydrogen-bond acceptors (Lipinski definition) is 3. The Kier molecular flexibility index (Phi) is 6.78. The van der Waals surface area contributed by atoms with E-state index >= 15 is 0 Å². The average molecular weight is 334 g/mol. The molecule has 0 bridgehead atoms. The van der Waals surface area contributed by atoms with Crippen LogP contribution in [0.15, 0.2) is 18.2 Å².